The van der Waals surface area contributed by atoms with Crippen molar-refractivity contribution in [2.75, 3.05) is 17.2 Å². The Morgan fingerprint density at radius 3 is 2.06 bits per heavy atom. The molecule has 36 heavy (non-hydrogen) atoms. The molecule has 0 atom stereocenters. The molecule has 0 aliphatic carbocycles. The summed E-state index contributed by atoms with van der Waals surface area (Å²) >= 11 is 6.88. The summed E-state index contributed by atoms with van der Waals surface area (Å²) in [7, 11) is 0. The van der Waals surface area contributed by atoms with Gasteiger partial charge in [0.15, 0.2) is 6.61 Å². The molecule has 0 heterocycles. The van der Waals surface area contributed by atoms with E-state index in [0.717, 1.165) is 22.3 Å². The van der Waals surface area contributed by atoms with Crippen molar-refractivity contribution in [3.8, 4) is 11.8 Å². The molecule has 0 fully saturated rings. The van der Waals surface area contributed by atoms with Crippen molar-refractivity contribution in [2.45, 2.75) is 27.7 Å². The summed E-state index contributed by atoms with van der Waals surface area (Å²) in [5.74, 6) is -0.542. The number of halogens is 2. The highest BCUT2D eigenvalue weighted by Gasteiger charge is 2.16. The molecule has 3 aromatic carbocycles. The first-order valence-corrected chi connectivity index (χ1v) is 12.7. The Bertz CT molecular complexity index is 1410. The molecule has 0 saturated heterocycles. The van der Waals surface area contributed by atoms with Crippen LogP contribution in [0.3, 0.4) is 0 Å². The van der Waals surface area contributed by atoms with E-state index in [9.17, 15) is 14.9 Å². The number of benzene rings is 3. The van der Waals surface area contributed by atoms with Gasteiger partial charge in [-0.3, -0.25) is 9.59 Å². The number of aryl methyl sites for hydroxylation is 4. The quantitative estimate of drug-likeness (QED) is 0.222. The molecule has 184 valence electrons. The molecular weight excluding hydrogens is 586 g/mol. The summed E-state index contributed by atoms with van der Waals surface area (Å²) < 4.78 is 7.10. The number of amides is 2. The normalized spacial score (nSPS) is 11.0. The van der Waals surface area contributed by atoms with Crippen molar-refractivity contribution in [1.82, 2.24) is 0 Å². The van der Waals surface area contributed by atoms with Crippen LogP contribution in [0, 0.1) is 39.0 Å². The van der Waals surface area contributed by atoms with Crippen LogP contribution in [0.15, 0.2) is 63.0 Å². The maximum absolute atomic E-state index is 12.9. The van der Waals surface area contributed by atoms with Crippen molar-refractivity contribution in [1.29, 1.82) is 5.26 Å². The lowest BCUT2D eigenvalue weighted by Crippen LogP contribution is -2.21. The third kappa shape index (κ3) is 7.06. The van der Waals surface area contributed by atoms with E-state index in [1.54, 1.807) is 18.2 Å². The molecule has 0 bridgehead atoms. The number of nitrogens with zero attached hydrogens (tertiary/aromatic N) is 1. The van der Waals surface area contributed by atoms with E-state index >= 15 is 0 Å². The second-order valence-corrected chi connectivity index (χ2v) is 10.2. The first kappa shape index (κ1) is 27.2. The zero-order chi connectivity index (χ0) is 26.4. The van der Waals surface area contributed by atoms with Crippen LogP contribution in [0.1, 0.15) is 27.8 Å². The maximum Gasteiger partial charge on any atom is 0.266 e. The van der Waals surface area contributed by atoms with E-state index in [4.69, 9.17) is 4.74 Å². The highest BCUT2D eigenvalue weighted by Crippen LogP contribution is 2.34. The molecular formula is C28H25Br2N3O3. The summed E-state index contributed by atoms with van der Waals surface area (Å²) in [6.07, 6.45) is 1.44. The lowest BCUT2D eigenvalue weighted by Gasteiger charge is -2.14. The predicted octanol–water partition coefficient (Wildman–Crippen LogP) is 7.01. The monoisotopic (exact) mass is 609 g/mol. The third-order valence-electron chi connectivity index (χ3n) is 5.34. The molecule has 0 saturated carbocycles. The average molecular weight is 611 g/mol. The fourth-order valence-corrected chi connectivity index (χ4v) is 4.94. The van der Waals surface area contributed by atoms with Gasteiger partial charge in [-0.2, -0.15) is 5.26 Å². The molecule has 0 spiro atoms. The molecule has 2 N–H and O–H groups in total. The number of nitrogens with one attached hydrogen (secondary N) is 2. The van der Waals surface area contributed by atoms with Gasteiger partial charge in [0.05, 0.1) is 4.47 Å². The summed E-state index contributed by atoms with van der Waals surface area (Å²) in [5, 5.41) is 15.3. The number of ether oxygens (including phenoxy) is 1. The van der Waals surface area contributed by atoms with Crippen LogP contribution < -0.4 is 15.4 Å². The smallest absolute Gasteiger partial charge is 0.266 e. The fourth-order valence-electron chi connectivity index (χ4n) is 3.57. The molecule has 0 radical (unpaired) electrons. The molecule has 0 aliphatic heterocycles. The molecule has 3 rings (SSSR count). The fraction of sp³-hybridized carbons (Fsp3) is 0.179. The lowest BCUT2D eigenvalue weighted by atomic mass is 10.1. The highest BCUT2D eigenvalue weighted by atomic mass is 79.9. The van der Waals surface area contributed by atoms with Gasteiger partial charge in [-0.05, 0) is 85.1 Å². The predicted molar refractivity (Wildman–Crippen MR) is 150 cm³/mol. The maximum atomic E-state index is 12.9. The van der Waals surface area contributed by atoms with Crippen molar-refractivity contribution in [3.05, 3.63) is 90.9 Å². The van der Waals surface area contributed by atoms with Gasteiger partial charge in [0, 0.05) is 21.4 Å². The van der Waals surface area contributed by atoms with E-state index in [-0.39, 0.29) is 18.1 Å². The second kappa shape index (κ2) is 12.0. The van der Waals surface area contributed by atoms with Crippen molar-refractivity contribution in [2.24, 2.45) is 0 Å². The summed E-state index contributed by atoms with van der Waals surface area (Å²) in [6.45, 7) is 7.50. The van der Waals surface area contributed by atoms with Gasteiger partial charge in [-0.15, -0.1) is 0 Å². The van der Waals surface area contributed by atoms with Crippen LogP contribution in [0.25, 0.3) is 6.08 Å². The number of carbonyl (C=O) groups excluding carboxylic acids is 2. The lowest BCUT2D eigenvalue weighted by molar-refractivity contribution is -0.118. The topological polar surface area (TPSA) is 91.2 Å². The first-order valence-electron chi connectivity index (χ1n) is 11.1. The summed E-state index contributed by atoms with van der Waals surface area (Å²) in [6, 6.07) is 16.8. The van der Waals surface area contributed by atoms with Gasteiger partial charge in [0.25, 0.3) is 11.8 Å². The van der Waals surface area contributed by atoms with Crippen LogP contribution >= 0.6 is 31.9 Å². The Kier molecular flexibility index (Phi) is 9.08. The standard InChI is InChI=1S/C28H25Br2N3O3/c1-16-5-7-24(18(3)9-16)32-26(34)15-36-27-20(12-22(29)13-23(27)30)11-21(14-31)28(35)33-25-8-6-17(2)10-19(25)4/h5-13H,15H2,1-4H3,(H,32,34)(H,33,35)/b21-11+. The number of hydrogen-bond donors (Lipinski definition) is 2. The van der Waals surface area contributed by atoms with Gasteiger partial charge in [-0.25, -0.2) is 0 Å². The van der Waals surface area contributed by atoms with E-state index < -0.39 is 5.91 Å². The SMILES string of the molecule is Cc1ccc(NC(=O)COc2c(Br)cc(Br)cc2/C=C(\C#N)C(=O)Nc2ccc(C)cc2C)c(C)c1. The molecule has 6 nitrogen and oxygen atoms in total. The van der Waals surface area contributed by atoms with E-state index in [0.29, 0.717) is 31.6 Å². The third-order valence-corrected chi connectivity index (χ3v) is 6.38. The van der Waals surface area contributed by atoms with Gasteiger partial charge in [-0.1, -0.05) is 51.3 Å². The number of carbonyl (C=O) groups is 2. The molecule has 0 unspecified atom stereocenters. The van der Waals surface area contributed by atoms with Crippen LogP contribution in [0.5, 0.6) is 5.75 Å². The molecule has 0 aliphatic rings. The van der Waals surface area contributed by atoms with Crippen LogP contribution in [-0.2, 0) is 9.59 Å². The summed E-state index contributed by atoms with van der Waals surface area (Å²) in [4.78, 5) is 25.4. The Morgan fingerprint density at radius 1 is 0.917 bits per heavy atom. The van der Waals surface area contributed by atoms with Crippen molar-refractivity contribution in [3.63, 3.8) is 0 Å². The van der Waals surface area contributed by atoms with Gasteiger partial charge < -0.3 is 15.4 Å². The van der Waals surface area contributed by atoms with Gasteiger partial charge >= 0.3 is 0 Å². The van der Waals surface area contributed by atoms with E-state index in [2.05, 4.69) is 42.5 Å². The van der Waals surface area contributed by atoms with Crippen molar-refractivity contribution >= 4 is 61.1 Å². The van der Waals surface area contributed by atoms with Crippen LogP contribution in [0.2, 0.25) is 0 Å². The van der Waals surface area contributed by atoms with Crippen molar-refractivity contribution < 1.29 is 14.3 Å². The molecule has 0 aromatic heterocycles. The van der Waals surface area contributed by atoms with Gasteiger partial charge in [0.2, 0.25) is 0 Å². The first-order chi connectivity index (χ1) is 17.1. The van der Waals surface area contributed by atoms with Crippen LogP contribution in [-0.4, -0.2) is 18.4 Å². The molecule has 3 aromatic rings. The second-order valence-electron chi connectivity index (χ2n) is 8.40. The summed E-state index contributed by atoms with van der Waals surface area (Å²) in [5.41, 5.74) is 5.71. The number of nitriles is 1. The Hall–Kier alpha value is -3.41. The van der Waals surface area contributed by atoms with E-state index in [1.165, 1.54) is 6.08 Å². The minimum atomic E-state index is -0.543. The van der Waals surface area contributed by atoms with Crippen LogP contribution in [0.4, 0.5) is 11.4 Å². The molecule has 2 amide bonds. The zero-order valence-electron chi connectivity index (χ0n) is 20.3. The Morgan fingerprint density at radius 2 is 1.50 bits per heavy atom. The largest absolute Gasteiger partial charge is 0.482 e. The average Bonchev–Trinajstić information content (AvgIpc) is 2.80. The van der Waals surface area contributed by atoms with Gasteiger partial charge in [0.1, 0.15) is 17.4 Å². The number of anilines is 2. The Labute approximate surface area is 227 Å². The number of hydrogen-bond acceptors (Lipinski definition) is 4. The zero-order valence-corrected chi connectivity index (χ0v) is 23.5. The minimum absolute atomic E-state index is 0.107. The van der Waals surface area contributed by atoms with E-state index in [1.807, 2.05) is 64.1 Å². The number of rotatable bonds is 7. The molecule has 8 heteroatoms. The highest BCUT2D eigenvalue weighted by molar-refractivity contribution is 9.11. The minimum Gasteiger partial charge on any atom is -0.482 e. The Balaban J connectivity index is 1.82.